The molecule has 2 aromatic rings. The van der Waals surface area contributed by atoms with Gasteiger partial charge in [-0.05, 0) is 29.8 Å². The van der Waals surface area contributed by atoms with Gasteiger partial charge in [0.1, 0.15) is 18.2 Å². The second-order valence-corrected chi connectivity index (χ2v) is 5.33. The van der Waals surface area contributed by atoms with Crippen LogP contribution in [0, 0.1) is 5.82 Å². The minimum absolute atomic E-state index is 0.269. The summed E-state index contributed by atoms with van der Waals surface area (Å²) in [4.78, 5) is 0. The van der Waals surface area contributed by atoms with Crippen LogP contribution in [0.4, 0.5) is 4.39 Å². The standard InChI is InChI=1S/C14H10BrCl2FO/c15-7-10-5-11(16)6-13(17)14(10)19-8-9-1-3-12(18)4-2-9/h1-6H,7-8H2. The molecule has 100 valence electrons. The molecule has 0 N–H and O–H groups in total. The number of hydrogen-bond acceptors (Lipinski definition) is 1. The molecule has 0 amide bonds. The van der Waals surface area contributed by atoms with Gasteiger partial charge >= 0.3 is 0 Å². The molecule has 1 nitrogen and oxygen atoms in total. The Labute approximate surface area is 129 Å². The highest BCUT2D eigenvalue weighted by Gasteiger charge is 2.10. The molecule has 0 atom stereocenters. The van der Waals surface area contributed by atoms with Gasteiger partial charge in [0.25, 0.3) is 0 Å². The van der Waals surface area contributed by atoms with Crippen molar-refractivity contribution in [2.75, 3.05) is 0 Å². The average molecular weight is 364 g/mol. The molecule has 0 aromatic heterocycles. The van der Waals surface area contributed by atoms with Crippen LogP contribution in [0.15, 0.2) is 36.4 Å². The van der Waals surface area contributed by atoms with E-state index in [1.54, 1.807) is 24.3 Å². The Bertz CT molecular complexity index is 572. The predicted molar refractivity (Wildman–Crippen MR) is 79.8 cm³/mol. The summed E-state index contributed by atoms with van der Waals surface area (Å²) < 4.78 is 18.5. The summed E-state index contributed by atoms with van der Waals surface area (Å²) in [6, 6.07) is 9.57. The molecular weight excluding hydrogens is 354 g/mol. The van der Waals surface area contributed by atoms with Crippen molar-refractivity contribution in [1.29, 1.82) is 0 Å². The van der Waals surface area contributed by atoms with Crippen molar-refractivity contribution >= 4 is 39.1 Å². The van der Waals surface area contributed by atoms with Crippen LogP contribution in [0.3, 0.4) is 0 Å². The van der Waals surface area contributed by atoms with Crippen molar-refractivity contribution in [1.82, 2.24) is 0 Å². The lowest BCUT2D eigenvalue weighted by molar-refractivity contribution is 0.304. The number of alkyl halides is 1. The van der Waals surface area contributed by atoms with E-state index in [1.165, 1.54) is 12.1 Å². The first kappa shape index (κ1) is 14.6. The Balaban J connectivity index is 2.17. The van der Waals surface area contributed by atoms with E-state index >= 15 is 0 Å². The van der Waals surface area contributed by atoms with E-state index in [0.29, 0.717) is 27.7 Å². The summed E-state index contributed by atoms with van der Waals surface area (Å²) >= 11 is 15.4. The number of rotatable bonds is 4. The van der Waals surface area contributed by atoms with Gasteiger partial charge in [-0.3, -0.25) is 0 Å². The van der Waals surface area contributed by atoms with Crippen LogP contribution < -0.4 is 4.74 Å². The van der Waals surface area contributed by atoms with E-state index < -0.39 is 0 Å². The molecule has 0 aliphatic carbocycles. The zero-order chi connectivity index (χ0) is 13.8. The van der Waals surface area contributed by atoms with E-state index in [4.69, 9.17) is 27.9 Å². The molecule has 0 bridgehead atoms. The van der Waals surface area contributed by atoms with E-state index in [2.05, 4.69) is 15.9 Å². The zero-order valence-corrected chi connectivity index (χ0v) is 12.9. The van der Waals surface area contributed by atoms with Crippen LogP contribution >= 0.6 is 39.1 Å². The lowest BCUT2D eigenvalue weighted by Gasteiger charge is -2.12. The predicted octanol–water partition coefficient (Wildman–Crippen LogP) is 5.61. The van der Waals surface area contributed by atoms with Crippen molar-refractivity contribution in [3.8, 4) is 5.75 Å². The highest BCUT2D eigenvalue weighted by atomic mass is 79.9. The largest absolute Gasteiger partial charge is 0.487 e. The number of hydrogen-bond donors (Lipinski definition) is 0. The normalized spacial score (nSPS) is 10.5. The number of benzene rings is 2. The molecule has 0 aliphatic rings. The molecule has 0 heterocycles. The van der Waals surface area contributed by atoms with Gasteiger partial charge in [0.2, 0.25) is 0 Å². The molecule has 0 saturated carbocycles. The van der Waals surface area contributed by atoms with Crippen LogP contribution in [0.2, 0.25) is 10.0 Å². The van der Waals surface area contributed by atoms with E-state index in [-0.39, 0.29) is 5.82 Å². The molecule has 19 heavy (non-hydrogen) atoms. The third-order valence-electron chi connectivity index (χ3n) is 2.53. The van der Waals surface area contributed by atoms with Gasteiger partial charge in [-0.25, -0.2) is 4.39 Å². The first-order valence-electron chi connectivity index (χ1n) is 5.51. The van der Waals surface area contributed by atoms with Gasteiger partial charge in [-0.15, -0.1) is 0 Å². The lowest BCUT2D eigenvalue weighted by Crippen LogP contribution is -1.99. The third-order valence-corrected chi connectivity index (χ3v) is 3.63. The summed E-state index contributed by atoms with van der Waals surface area (Å²) in [5, 5.41) is 1.61. The van der Waals surface area contributed by atoms with Crippen molar-refractivity contribution < 1.29 is 9.13 Å². The molecule has 0 spiro atoms. The van der Waals surface area contributed by atoms with Gasteiger partial charge in [-0.1, -0.05) is 51.3 Å². The van der Waals surface area contributed by atoms with Crippen LogP contribution in [-0.4, -0.2) is 0 Å². The topological polar surface area (TPSA) is 9.23 Å². The SMILES string of the molecule is Fc1ccc(COc2c(Cl)cc(Cl)cc2CBr)cc1. The second kappa shape index (κ2) is 6.60. The zero-order valence-electron chi connectivity index (χ0n) is 9.80. The van der Waals surface area contributed by atoms with Crippen LogP contribution in [0.5, 0.6) is 5.75 Å². The molecule has 0 saturated heterocycles. The summed E-state index contributed by atoms with van der Waals surface area (Å²) in [5.74, 6) is 0.321. The Kier molecular flexibility index (Phi) is 5.08. The summed E-state index contributed by atoms with van der Waals surface area (Å²) in [6.07, 6.45) is 0. The fourth-order valence-electron chi connectivity index (χ4n) is 1.61. The van der Waals surface area contributed by atoms with Crippen molar-refractivity contribution in [2.24, 2.45) is 0 Å². The molecule has 2 rings (SSSR count). The second-order valence-electron chi connectivity index (χ2n) is 3.92. The maximum absolute atomic E-state index is 12.8. The van der Waals surface area contributed by atoms with Crippen LogP contribution in [0.25, 0.3) is 0 Å². The van der Waals surface area contributed by atoms with E-state index in [9.17, 15) is 4.39 Å². The summed E-state index contributed by atoms with van der Waals surface area (Å²) in [6.45, 7) is 0.321. The molecule has 0 fully saturated rings. The summed E-state index contributed by atoms with van der Waals surface area (Å²) in [7, 11) is 0. The molecule has 5 heteroatoms. The minimum Gasteiger partial charge on any atom is -0.487 e. The van der Waals surface area contributed by atoms with E-state index in [1.807, 2.05) is 0 Å². The average Bonchev–Trinajstić information content (AvgIpc) is 2.39. The van der Waals surface area contributed by atoms with Crippen LogP contribution in [-0.2, 0) is 11.9 Å². The smallest absolute Gasteiger partial charge is 0.142 e. The highest BCUT2D eigenvalue weighted by molar-refractivity contribution is 9.08. The Morgan fingerprint density at radius 1 is 1.11 bits per heavy atom. The fraction of sp³-hybridized carbons (Fsp3) is 0.143. The number of halogens is 4. The molecular formula is C14H10BrCl2FO. The first-order chi connectivity index (χ1) is 9.10. The summed E-state index contributed by atoms with van der Waals surface area (Å²) in [5.41, 5.74) is 1.74. The maximum Gasteiger partial charge on any atom is 0.142 e. The van der Waals surface area contributed by atoms with E-state index in [0.717, 1.165) is 11.1 Å². The molecule has 0 unspecified atom stereocenters. The van der Waals surface area contributed by atoms with Crippen molar-refractivity contribution in [3.63, 3.8) is 0 Å². The maximum atomic E-state index is 12.8. The monoisotopic (exact) mass is 362 g/mol. The van der Waals surface area contributed by atoms with Gasteiger partial charge in [0.05, 0.1) is 5.02 Å². The van der Waals surface area contributed by atoms with Gasteiger partial charge in [0, 0.05) is 15.9 Å². The Morgan fingerprint density at radius 2 is 1.79 bits per heavy atom. The highest BCUT2D eigenvalue weighted by Crippen LogP contribution is 2.34. The third kappa shape index (κ3) is 3.85. The van der Waals surface area contributed by atoms with Crippen LogP contribution in [0.1, 0.15) is 11.1 Å². The first-order valence-corrected chi connectivity index (χ1v) is 7.39. The molecule has 0 radical (unpaired) electrons. The van der Waals surface area contributed by atoms with Crippen molar-refractivity contribution in [3.05, 3.63) is 63.4 Å². The van der Waals surface area contributed by atoms with Gasteiger partial charge < -0.3 is 4.74 Å². The minimum atomic E-state index is -0.269. The molecule has 2 aromatic carbocycles. The number of ether oxygens (including phenoxy) is 1. The fourth-order valence-corrected chi connectivity index (χ4v) is 2.62. The lowest BCUT2D eigenvalue weighted by atomic mass is 10.2. The Hall–Kier alpha value is -0.770. The van der Waals surface area contributed by atoms with Gasteiger partial charge in [-0.2, -0.15) is 0 Å². The Morgan fingerprint density at radius 3 is 2.42 bits per heavy atom. The molecule has 0 aliphatic heterocycles. The van der Waals surface area contributed by atoms with Crippen molar-refractivity contribution in [2.45, 2.75) is 11.9 Å². The van der Waals surface area contributed by atoms with Gasteiger partial charge in [0.15, 0.2) is 0 Å². The quantitative estimate of drug-likeness (QED) is 0.642.